The van der Waals surface area contributed by atoms with Crippen LogP contribution in [-0.4, -0.2) is 11.7 Å². The van der Waals surface area contributed by atoms with Crippen molar-refractivity contribution in [3.63, 3.8) is 0 Å². The van der Waals surface area contributed by atoms with Gasteiger partial charge in [-0.2, -0.15) is 0 Å². The highest BCUT2D eigenvalue weighted by Gasteiger charge is 2.35. The molecule has 0 aromatic rings. The summed E-state index contributed by atoms with van der Waals surface area (Å²) in [6, 6.07) is 0. The maximum absolute atomic E-state index is 13.2. The Kier molecular flexibility index (Phi) is 1.99. The van der Waals surface area contributed by atoms with Crippen LogP contribution >= 0.6 is 0 Å². The van der Waals surface area contributed by atoms with Gasteiger partial charge in [0, 0.05) is 5.54 Å². The molecule has 1 fully saturated rings. The van der Waals surface area contributed by atoms with E-state index in [0.29, 0.717) is 0 Å². The molecule has 1 unspecified atom stereocenters. The van der Waals surface area contributed by atoms with E-state index in [1.807, 2.05) is 0 Å². The van der Waals surface area contributed by atoms with Gasteiger partial charge in [0.15, 0.2) is 0 Å². The van der Waals surface area contributed by atoms with Crippen LogP contribution in [0.3, 0.4) is 0 Å². The van der Waals surface area contributed by atoms with Gasteiger partial charge < -0.3 is 5.73 Å². The van der Waals surface area contributed by atoms with Crippen LogP contribution in [0.1, 0.15) is 33.1 Å². The molecule has 1 saturated carbocycles. The van der Waals surface area contributed by atoms with Crippen molar-refractivity contribution >= 4 is 0 Å². The molecule has 1 rings (SSSR count). The summed E-state index contributed by atoms with van der Waals surface area (Å²) in [5.74, 6) is 0.250. The van der Waals surface area contributed by atoms with E-state index in [1.165, 1.54) is 6.42 Å². The molecule has 0 spiro atoms. The summed E-state index contributed by atoms with van der Waals surface area (Å²) in [4.78, 5) is 0. The second-order valence-electron chi connectivity index (χ2n) is 3.91. The molecule has 0 aromatic heterocycles. The van der Waals surface area contributed by atoms with Crippen LogP contribution in [-0.2, 0) is 0 Å². The topological polar surface area (TPSA) is 26.0 Å². The fourth-order valence-electron chi connectivity index (χ4n) is 1.34. The van der Waals surface area contributed by atoms with E-state index < -0.39 is 11.7 Å². The summed E-state index contributed by atoms with van der Waals surface area (Å²) in [5.41, 5.74) is 4.98. The van der Waals surface area contributed by atoms with E-state index >= 15 is 0 Å². The van der Waals surface area contributed by atoms with Crippen molar-refractivity contribution in [2.24, 2.45) is 11.7 Å². The lowest BCUT2D eigenvalue weighted by molar-refractivity contribution is 0.0897. The Morgan fingerprint density at radius 1 is 1.50 bits per heavy atom. The van der Waals surface area contributed by atoms with E-state index in [4.69, 9.17) is 5.73 Å². The van der Waals surface area contributed by atoms with Crippen molar-refractivity contribution in [2.75, 3.05) is 0 Å². The number of nitrogens with two attached hydrogens (primary N) is 1. The number of hydrogen-bond acceptors (Lipinski definition) is 1. The van der Waals surface area contributed by atoms with Crippen LogP contribution in [0.25, 0.3) is 0 Å². The Balaban J connectivity index is 2.39. The first-order chi connectivity index (χ1) is 4.52. The van der Waals surface area contributed by atoms with Crippen molar-refractivity contribution in [1.29, 1.82) is 0 Å². The molecule has 1 atom stereocenters. The number of rotatable bonds is 2. The summed E-state index contributed by atoms with van der Waals surface area (Å²) in [5, 5.41) is 0. The van der Waals surface area contributed by atoms with Crippen LogP contribution in [0.4, 0.5) is 4.39 Å². The highest BCUT2D eigenvalue weighted by molar-refractivity contribution is 4.90. The molecule has 1 nitrogen and oxygen atoms in total. The molecule has 0 amide bonds. The summed E-state index contributed by atoms with van der Waals surface area (Å²) in [7, 11) is 0. The lowest BCUT2D eigenvalue weighted by Gasteiger charge is -2.35. The predicted octanol–water partition coefficient (Wildman–Crippen LogP) is 1.86. The van der Waals surface area contributed by atoms with E-state index in [1.54, 1.807) is 13.8 Å². The zero-order chi connectivity index (χ0) is 7.78. The second-order valence-corrected chi connectivity index (χ2v) is 3.91. The zero-order valence-electron chi connectivity index (χ0n) is 6.73. The largest absolute Gasteiger partial charge is 0.323 e. The summed E-state index contributed by atoms with van der Waals surface area (Å²) < 4.78 is 13.2. The molecular formula is C8H16FN. The molecule has 0 aliphatic heterocycles. The quantitative estimate of drug-likeness (QED) is 0.630. The van der Waals surface area contributed by atoms with Gasteiger partial charge in [-0.25, -0.2) is 4.39 Å². The average Bonchev–Trinajstić information content (AvgIpc) is 1.57. The molecule has 0 radical (unpaired) electrons. The minimum atomic E-state index is -0.804. The Bertz CT molecular complexity index is 113. The van der Waals surface area contributed by atoms with Gasteiger partial charge in [0.1, 0.15) is 6.17 Å². The van der Waals surface area contributed by atoms with E-state index in [-0.39, 0.29) is 5.92 Å². The van der Waals surface area contributed by atoms with Gasteiger partial charge in [0.2, 0.25) is 0 Å². The molecule has 0 heterocycles. The van der Waals surface area contributed by atoms with Gasteiger partial charge in [0.25, 0.3) is 0 Å². The van der Waals surface area contributed by atoms with Gasteiger partial charge in [0.05, 0.1) is 0 Å². The molecule has 2 heteroatoms. The maximum Gasteiger partial charge on any atom is 0.120 e. The Morgan fingerprint density at radius 2 is 2.00 bits per heavy atom. The van der Waals surface area contributed by atoms with Gasteiger partial charge >= 0.3 is 0 Å². The first-order valence-electron chi connectivity index (χ1n) is 3.95. The highest BCUT2D eigenvalue weighted by atomic mass is 19.1. The number of alkyl halides is 1. The van der Waals surface area contributed by atoms with Crippen LogP contribution in [0.5, 0.6) is 0 Å². The maximum atomic E-state index is 13.2. The molecule has 0 aromatic carbocycles. The first-order valence-corrected chi connectivity index (χ1v) is 3.95. The lowest BCUT2D eigenvalue weighted by Crippen LogP contribution is -2.48. The van der Waals surface area contributed by atoms with Gasteiger partial charge in [-0.05, 0) is 32.6 Å². The van der Waals surface area contributed by atoms with Crippen LogP contribution in [0.15, 0.2) is 0 Å². The minimum absolute atomic E-state index is 0.250. The average molecular weight is 145 g/mol. The SMILES string of the molecule is CC(C)(N)C(F)C1CCC1. The van der Waals surface area contributed by atoms with E-state index in [2.05, 4.69) is 0 Å². The monoisotopic (exact) mass is 145 g/mol. The van der Waals surface area contributed by atoms with Crippen molar-refractivity contribution in [3.8, 4) is 0 Å². The predicted molar refractivity (Wildman–Crippen MR) is 40.5 cm³/mol. The van der Waals surface area contributed by atoms with Gasteiger partial charge in [-0.3, -0.25) is 0 Å². The molecule has 1 aliphatic carbocycles. The Morgan fingerprint density at radius 3 is 2.10 bits per heavy atom. The van der Waals surface area contributed by atoms with Gasteiger partial charge in [-0.1, -0.05) is 6.42 Å². The molecule has 2 N–H and O–H groups in total. The molecular weight excluding hydrogens is 129 g/mol. The highest BCUT2D eigenvalue weighted by Crippen LogP contribution is 2.34. The van der Waals surface area contributed by atoms with Crippen molar-refractivity contribution in [2.45, 2.75) is 44.8 Å². The van der Waals surface area contributed by atoms with Crippen LogP contribution in [0.2, 0.25) is 0 Å². The minimum Gasteiger partial charge on any atom is -0.323 e. The normalized spacial score (nSPS) is 24.0. The standard InChI is InChI=1S/C8H16FN/c1-8(2,10)7(9)6-4-3-5-6/h6-7H,3-5,10H2,1-2H3. The van der Waals surface area contributed by atoms with E-state index in [9.17, 15) is 4.39 Å². The van der Waals surface area contributed by atoms with Crippen LogP contribution < -0.4 is 5.73 Å². The number of hydrogen-bond donors (Lipinski definition) is 1. The third-order valence-corrected chi connectivity index (χ3v) is 2.27. The fourth-order valence-corrected chi connectivity index (χ4v) is 1.34. The zero-order valence-corrected chi connectivity index (χ0v) is 6.73. The first kappa shape index (κ1) is 7.99. The van der Waals surface area contributed by atoms with Crippen molar-refractivity contribution in [1.82, 2.24) is 0 Å². The Hall–Kier alpha value is -0.110. The second kappa shape index (κ2) is 2.50. The summed E-state index contributed by atoms with van der Waals surface area (Å²) in [6.45, 7) is 3.52. The third-order valence-electron chi connectivity index (χ3n) is 2.27. The molecule has 1 aliphatic rings. The van der Waals surface area contributed by atoms with Crippen LogP contribution in [0, 0.1) is 5.92 Å². The third kappa shape index (κ3) is 1.48. The summed E-state index contributed by atoms with van der Waals surface area (Å²) in [6.07, 6.45) is 2.44. The molecule has 10 heavy (non-hydrogen) atoms. The smallest absolute Gasteiger partial charge is 0.120 e. The molecule has 0 bridgehead atoms. The van der Waals surface area contributed by atoms with Gasteiger partial charge in [-0.15, -0.1) is 0 Å². The Labute approximate surface area is 61.8 Å². The van der Waals surface area contributed by atoms with E-state index in [0.717, 1.165) is 12.8 Å². The van der Waals surface area contributed by atoms with Crippen molar-refractivity contribution in [3.05, 3.63) is 0 Å². The van der Waals surface area contributed by atoms with Crippen molar-refractivity contribution < 1.29 is 4.39 Å². The fraction of sp³-hybridized carbons (Fsp3) is 1.00. The lowest BCUT2D eigenvalue weighted by atomic mass is 9.76. The molecule has 0 saturated heterocycles. The number of halogens is 1. The summed E-state index contributed by atoms with van der Waals surface area (Å²) >= 11 is 0. The molecule has 60 valence electrons.